The topological polar surface area (TPSA) is 24.7 Å². The van der Waals surface area contributed by atoms with Crippen LogP contribution >= 0.6 is 43.1 Å². The molecular weight excluding hydrogens is 534 g/mol. The normalized spacial score (nSPS) is 12.2. The zero-order chi connectivity index (χ0) is 24.1. The van der Waals surface area contributed by atoms with Crippen LogP contribution in [0.5, 0.6) is 0 Å². The molecule has 0 saturated carbocycles. The molecule has 0 saturated heterocycles. The molecule has 33 heavy (non-hydrogen) atoms. The second-order valence-electron chi connectivity index (χ2n) is 8.02. The summed E-state index contributed by atoms with van der Waals surface area (Å²) in [6.07, 6.45) is 0. The second-order valence-corrected chi connectivity index (χ2v) is 11.7. The van der Waals surface area contributed by atoms with Crippen molar-refractivity contribution in [2.75, 3.05) is 0 Å². The number of hydrogen-bond donors (Lipinski definition) is 0. The fraction of sp³-hybridized carbons (Fsp3) is 0.231. The molecule has 4 rings (SSSR count). The molecule has 4 aromatic rings. The molecule has 7 heteroatoms. The molecule has 0 aliphatic carbocycles. The first-order valence-electron chi connectivity index (χ1n) is 10.3. The molecule has 0 aliphatic heterocycles. The van der Waals surface area contributed by atoms with Gasteiger partial charge in [0.15, 0.2) is 9.34 Å². The van der Waals surface area contributed by atoms with Crippen LogP contribution in [0, 0.1) is 41.5 Å². The number of fused-ring (bicyclic) bond motifs is 1. The van der Waals surface area contributed by atoms with Crippen molar-refractivity contribution in [2.45, 2.75) is 41.5 Å². The second kappa shape index (κ2) is 11.8. The third-order valence-corrected chi connectivity index (χ3v) is 7.51. The molecule has 0 spiro atoms. The molecule has 1 heterocycles. The molecule has 0 bridgehead atoms. The van der Waals surface area contributed by atoms with Gasteiger partial charge in [-0.1, -0.05) is 47.5 Å². The van der Waals surface area contributed by atoms with Gasteiger partial charge in [0.1, 0.15) is 0 Å². The van der Waals surface area contributed by atoms with Crippen LogP contribution in [-0.2, 0) is 12.7 Å². The summed E-state index contributed by atoms with van der Waals surface area (Å²) in [4.78, 5) is 10.3. The number of hydrogen-bond acceptors (Lipinski definition) is 4. The van der Waals surface area contributed by atoms with Gasteiger partial charge in [0.05, 0.1) is 11.4 Å². The average Bonchev–Trinajstić information content (AvgIpc) is 2.73. The van der Waals surface area contributed by atoms with Gasteiger partial charge in [-0.05, 0) is 75.9 Å². The monoisotopic (exact) mass is 558 g/mol. The van der Waals surface area contributed by atoms with E-state index in [0.29, 0.717) is 12.7 Å². The summed E-state index contributed by atoms with van der Waals surface area (Å²) < 4.78 is 4.40. The van der Waals surface area contributed by atoms with Gasteiger partial charge < -0.3 is 0 Å². The number of halogens is 2. The van der Waals surface area contributed by atoms with Gasteiger partial charge in [0.25, 0.3) is 0 Å². The predicted octanol–water partition coefficient (Wildman–Crippen LogP) is 8.65. The van der Waals surface area contributed by atoms with Crippen LogP contribution in [0.4, 0.5) is 11.4 Å². The predicted molar refractivity (Wildman–Crippen MR) is 143 cm³/mol. The summed E-state index contributed by atoms with van der Waals surface area (Å²) in [7, 11) is 9.40. The third-order valence-electron chi connectivity index (χ3n) is 5.14. The standard InChI is InChI=1S/C26H26N2S2.2ClH.Ni/c1-15-11-17(3)23(18(4)12-15)27-25-26(30-22-10-8-7-9-21(22)29-25)28-24-19(5)13-16(2)14-20(24)6;;;/h7-14H,1-6H3;2*1H;/q;;;+2/p-2. The first kappa shape index (κ1) is 26.1. The molecule has 1 aromatic heterocycles. The molecule has 0 amide bonds. The Morgan fingerprint density at radius 1 is 0.606 bits per heavy atom. The fourth-order valence-electron chi connectivity index (χ4n) is 3.96. The Balaban J connectivity index is 0.000000968. The molecule has 0 N–H and O–H groups in total. The van der Waals surface area contributed by atoms with Crippen LogP contribution in [0.25, 0.3) is 9.40 Å². The summed E-state index contributed by atoms with van der Waals surface area (Å²) >= 11 is 4.00. The maximum atomic E-state index is 5.14. The zero-order valence-electron chi connectivity index (χ0n) is 19.4. The first-order valence-corrected chi connectivity index (χ1v) is 14.7. The molecule has 2 nitrogen and oxygen atoms in total. The van der Waals surface area contributed by atoms with Crippen LogP contribution in [0.3, 0.4) is 0 Å². The van der Waals surface area contributed by atoms with E-state index in [1.54, 1.807) is 22.7 Å². The van der Waals surface area contributed by atoms with Crippen LogP contribution in [0.2, 0.25) is 0 Å². The molecule has 3 aromatic carbocycles. The van der Waals surface area contributed by atoms with Crippen LogP contribution in [0.1, 0.15) is 33.4 Å². The van der Waals surface area contributed by atoms with E-state index < -0.39 is 0 Å². The van der Waals surface area contributed by atoms with Gasteiger partial charge in [-0.3, -0.25) is 0 Å². The van der Waals surface area contributed by atoms with Gasteiger partial charge in [-0.25, -0.2) is 9.98 Å². The minimum atomic E-state index is 0.569. The van der Waals surface area contributed by atoms with Gasteiger partial charge in [0.2, 0.25) is 0 Å². The SMILES string of the molecule is Cc1cc(C)c(N=c2sc3ccccc3sc2=Nc2c(C)cc(C)cc2C)c(C)c1.[Cl][Ni][Cl]. The van der Waals surface area contributed by atoms with Gasteiger partial charge in [-0.15, -0.1) is 22.7 Å². The summed E-state index contributed by atoms with van der Waals surface area (Å²) in [5.74, 6) is 0. The molecule has 176 valence electrons. The Morgan fingerprint density at radius 2 is 0.909 bits per heavy atom. The van der Waals surface area contributed by atoms with Gasteiger partial charge in [0, 0.05) is 9.40 Å². The number of benzene rings is 3. The van der Waals surface area contributed by atoms with Crippen LogP contribution in [0.15, 0.2) is 58.5 Å². The molecule has 0 unspecified atom stereocenters. The van der Waals surface area contributed by atoms with E-state index in [1.807, 2.05) is 0 Å². The Labute approximate surface area is 218 Å². The van der Waals surface area contributed by atoms with Crippen LogP contribution in [-0.4, -0.2) is 0 Å². The summed E-state index contributed by atoms with van der Waals surface area (Å²) in [5, 5.41) is 0. The maximum absolute atomic E-state index is 5.14. The minimum absolute atomic E-state index is 0.569. The van der Waals surface area contributed by atoms with Crippen molar-refractivity contribution in [3.8, 4) is 0 Å². The van der Waals surface area contributed by atoms with Crippen molar-refractivity contribution in [1.82, 2.24) is 0 Å². The van der Waals surface area contributed by atoms with E-state index in [9.17, 15) is 0 Å². The zero-order valence-corrected chi connectivity index (χ0v) is 23.5. The summed E-state index contributed by atoms with van der Waals surface area (Å²) in [5.41, 5.74) is 9.44. The van der Waals surface area contributed by atoms with Crippen molar-refractivity contribution in [3.05, 3.63) is 91.3 Å². The molecule has 0 atom stereocenters. The Morgan fingerprint density at radius 3 is 1.21 bits per heavy atom. The van der Waals surface area contributed by atoms with E-state index in [-0.39, 0.29) is 0 Å². The van der Waals surface area contributed by atoms with Crippen LogP contribution < -0.4 is 9.34 Å². The Hall–Kier alpha value is -1.49. The van der Waals surface area contributed by atoms with Crippen molar-refractivity contribution < 1.29 is 12.7 Å². The molecule has 0 aliphatic rings. The van der Waals surface area contributed by atoms with E-state index in [1.165, 1.54) is 42.8 Å². The quantitative estimate of drug-likeness (QED) is 0.219. The summed E-state index contributed by atoms with van der Waals surface area (Å²) in [6, 6.07) is 17.3. The first-order chi connectivity index (χ1) is 15.7. The number of nitrogens with zero attached hydrogens (tertiary/aromatic N) is 2. The fourth-order valence-corrected chi connectivity index (χ4v) is 6.04. The van der Waals surface area contributed by atoms with E-state index in [0.717, 1.165) is 20.7 Å². The van der Waals surface area contributed by atoms with Crippen molar-refractivity contribution in [2.24, 2.45) is 9.98 Å². The van der Waals surface area contributed by atoms with Crippen molar-refractivity contribution in [3.63, 3.8) is 0 Å². The number of rotatable bonds is 2. The summed E-state index contributed by atoms with van der Waals surface area (Å²) in [6.45, 7) is 12.8. The number of aryl methyl sites for hydroxylation is 6. The molecule has 0 fully saturated rings. The van der Waals surface area contributed by atoms with Crippen molar-refractivity contribution in [1.29, 1.82) is 0 Å². The van der Waals surface area contributed by atoms with E-state index >= 15 is 0 Å². The molecule has 0 radical (unpaired) electrons. The Bertz CT molecular complexity index is 1280. The third kappa shape index (κ3) is 6.56. The molecular formula is C26H26Cl2N2NiS2. The van der Waals surface area contributed by atoms with Gasteiger partial charge in [-0.2, -0.15) is 0 Å². The van der Waals surface area contributed by atoms with Gasteiger partial charge >= 0.3 is 33.0 Å². The van der Waals surface area contributed by atoms with Crippen molar-refractivity contribution >= 4 is 63.8 Å². The Kier molecular flexibility index (Phi) is 9.32. The van der Waals surface area contributed by atoms with E-state index in [2.05, 4.69) is 90.1 Å². The average molecular weight is 560 g/mol. The van der Waals surface area contributed by atoms with E-state index in [4.69, 9.17) is 30.4 Å².